The van der Waals surface area contributed by atoms with Crippen LogP contribution in [0.1, 0.15) is 32.1 Å². The highest BCUT2D eigenvalue weighted by atomic mass is 19.1. The lowest BCUT2D eigenvalue weighted by Gasteiger charge is -2.49. The molecule has 1 spiro atoms. The largest absolute Gasteiger partial charge is 0.369 e. The summed E-state index contributed by atoms with van der Waals surface area (Å²) in [4.78, 5) is 22.9. The molecular formula is C19H27FN4O. The third-order valence-corrected chi connectivity index (χ3v) is 6.42. The lowest BCUT2D eigenvalue weighted by molar-refractivity contribution is -0.141. The Labute approximate surface area is 148 Å². The van der Waals surface area contributed by atoms with Crippen molar-refractivity contribution in [2.45, 2.75) is 38.1 Å². The van der Waals surface area contributed by atoms with Gasteiger partial charge in [-0.2, -0.15) is 0 Å². The maximum absolute atomic E-state index is 14.0. The quantitative estimate of drug-likeness (QED) is 0.823. The number of aromatic nitrogens is 1. The Hall–Kier alpha value is -1.69. The molecule has 0 radical (unpaired) electrons. The summed E-state index contributed by atoms with van der Waals surface area (Å²) in [6, 6.07) is 2.14. The maximum atomic E-state index is 14.0. The molecule has 4 heterocycles. The molecule has 1 aromatic rings. The molecule has 0 bridgehead atoms. The summed E-state index contributed by atoms with van der Waals surface area (Å²) in [6.45, 7) is 4.67. The van der Waals surface area contributed by atoms with E-state index < -0.39 is 0 Å². The fourth-order valence-electron chi connectivity index (χ4n) is 4.80. The van der Waals surface area contributed by atoms with Crippen LogP contribution in [0.2, 0.25) is 0 Å². The van der Waals surface area contributed by atoms with E-state index in [-0.39, 0.29) is 11.2 Å². The average Bonchev–Trinajstić information content (AvgIpc) is 3.05. The topological polar surface area (TPSA) is 39.7 Å². The highest BCUT2D eigenvalue weighted by Crippen LogP contribution is 2.42. The summed E-state index contributed by atoms with van der Waals surface area (Å²) >= 11 is 0. The Bertz CT molecular complexity index is 644. The predicted molar refractivity (Wildman–Crippen MR) is 94.9 cm³/mol. The third kappa shape index (κ3) is 3.24. The highest BCUT2D eigenvalue weighted by Gasteiger charge is 2.43. The number of carbonyl (C=O) groups is 1. The van der Waals surface area contributed by atoms with Gasteiger partial charge in [-0.05, 0) is 50.8 Å². The third-order valence-electron chi connectivity index (χ3n) is 6.42. The summed E-state index contributed by atoms with van der Waals surface area (Å²) in [5.41, 5.74) is 0.876. The van der Waals surface area contributed by atoms with Gasteiger partial charge in [-0.1, -0.05) is 0 Å². The van der Waals surface area contributed by atoms with Gasteiger partial charge in [-0.25, -0.2) is 4.39 Å². The standard InChI is InChI=1S/C19H27FN4O/c1-22-9-4-15(13-22)24-14-19(5-2-18(24)25)6-10-23(11-7-19)17-3-8-21-12-16(17)20/h3,8,12,15H,2,4-7,9-11,13-14H2,1H3. The molecule has 1 amide bonds. The van der Waals surface area contributed by atoms with Gasteiger partial charge in [0.2, 0.25) is 5.91 Å². The van der Waals surface area contributed by atoms with E-state index in [1.807, 2.05) is 0 Å². The van der Waals surface area contributed by atoms with Crippen molar-refractivity contribution in [3.8, 4) is 0 Å². The van der Waals surface area contributed by atoms with Crippen LogP contribution in [-0.4, -0.2) is 66.5 Å². The van der Waals surface area contributed by atoms with Crippen molar-refractivity contribution in [3.05, 3.63) is 24.3 Å². The number of likely N-dealkylation sites (tertiary alicyclic amines) is 2. The molecule has 6 heteroatoms. The number of likely N-dealkylation sites (N-methyl/N-ethyl adjacent to an activating group) is 1. The van der Waals surface area contributed by atoms with Crippen LogP contribution in [-0.2, 0) is 4.79 Å². The van der Waals surface area contributed by atoms with Crippen LogP contribution in [0.3, 0.4) is 0 Å². The van der Waals surface area contributed by atoms with Crippen molar-refractivity contribution in [3.63, 3.8) is 0 Å². The summed E-state index contributed by atoms with van der Waals surface area (Å²) in [5, 5.41) is 0. The van der Waals surface area contributed by atoms with Gasteiger partial charge >= 0.3 is 0 Å². The van der Waals surface area contributed by atoms with Gasteiger partial charge < -0.3 is 14.7 Å². The molecule has 5 nitrogen and oxygen atoms in total. The first kappa shape index (κ1) is 16.8. The molecule has 0 saturated carbocycles. The number of hydrogen-bond donors (Lipinski definition) is 0. The van der Waals surface area contributed by atoms with Crippen LogP contribution in [0.15, 0.2) is 18.5 Å². The molecule has 0 aliphatic carbocycles. The lowest BCUT2D eigenvalue weighted by atomic mass is 9.72. The van der Waals surface area contributed by atoms with Gasteiger partial charge in [0.25, 0.3) is 0 Å². The lowest BCUT2D eigenvalue weighted by Crippen LogP contribution is -2.55. The van der Waals surface area contributed by atoms with Crippen LogP contribution in [0, 0.1) is 11.2 Å². The summed E-state index contributed by atoms with van der Waals surface area (Å²) in [7, 11) is 2.13. The summed E-state index contributed by atoms with van der Waals surface area (Å²) in [6.07, 6.45) is 7.74. The summed E-state index contributed by atoms with van der Waals surface area (Å²) in [5.74, 6) is 0.0847. The second-order valence-electron chi connectivity index (χ2n) is 8.04. The van der Waals surface area contributed by atoms with E-state index in [1.54, 1.807) is 12.3 Å². The van der Waals surface area contributed by atoms with Crippen molar-refractivity contribution < 1.29 is 9.18 Å². The minimum Gasteiger partial charge on any atom is -0.369 e. The van der Waals surface area contributed by atoms with E-state index in [4.69, 9.17) is 0 Å². The summed E-state index contributed by atoms with van der Waals surface area (Å²) < 4.78 is 14.0. The van der Waals surface area contributed by atoms with Crippen LogP contribution in [0.5, 0.6) is 0 Å². The molecule has 0 N–H and O–H groups in total. The minimum atomic E-state index is -0.243. The molecule has 0 aromatic carbocycles. The Kier molecular flexibility index (Phi) is 4.40. The first-order chi connectivity index (χ1) is 12.1. The molecule has 1 unspecified atom stereocenters. The first-order valence-corrected chi connectivity index (χ1v) is 9.39. The van der Waals surface area contributed by atoms with Crippen molar-refractivity contribution >= 4 is 11.6 Å². The zero-order valence-electron chi connectivity index (χ0n) is 15.0. The number of anilines is 1. The highest BCUT2D eigenvalue weighted by molar-refractivity contribution is 5.77. The van der Waals surface area contributed by atoms with Crippen LogP contribution >= 0.6 is 0 Å². The molecule has 1 aromatic heterocycles. The Morgan fingerprint density at radius 3 is 2.72 bits per heavy atom. The Morgan fingerprint density at radius 1 is 1.24 bits per heavy atom. The number of piperidine rings is 2. The fourth-order valence-corrected chi connectivity index (χ4v) is 4.80. The molecule has 136 valence electrons. The van der Waals surface area contributed by atoms with Crippen molar-refractivity contribution in [2.24, 2.45) is 5.41 Å². The van der Waals surface area contributed by atoms with Crippen LogP contribution in [0.4, 0.5) is 10.1 Å². The number of nitrogens with zero attached hydrogens (tertiary/aromatic N) is 4. The van der Waals surface area contributed by atoms with Crippen molar-refractivity contribution in [2.75, 3.05) is 44.7 Å². The monoisotopic (exact) mass is 346 g/mol. The van der Waals surface area contributed by atoms with Crippen LogP contribution in [0.25, 0.3) is 0 Å². The number of carbonyl (C=O) groups excluding carboxylic acids is 1. The van der Waals surface area contributed by atoms with E-state index >= 15 is 0 Å². The fraction of sp³-hybridized carbons (Fsp3) is 0.684. The number of pyridine rings is 1. The van der Waals surface area contributed by atoms with Gasteiger partial charge in [0, 0.05) is 44.8 Å². The SMILES string of the molecule is CN1CCC(N2CC3(CCC2=O)CCN(c2ccncc2F)CC3)C1. The van der Waals surface area contributed by atoms with E-state index in [0.717, 1.165) is 58.4 Å². The van der Waals surface area contributed by atoms with Crippen molar-refractivity contribution in [1.29, 1.82) is 0 Å². The van der Waals surface area contributed by atoms with Crippen LogP contribution < -0.4 is 4.90 Å². The molecule has 3 saturated heterocycles. The van der Waals surface area contributed by atoms with Gasteiger partial charge in [0.1, 0.15) is 0 Å². The second-order valence-corrected chi connectivity index (χ2v) is 8.04. The van der Waals surface area contributed by atoms with E-state index in [0.29, 0.717) is 24.1 Å². The first-order valence-electron chi connectivity index (χ1n) is 9.39. The number of rotatable bonds is 2. The Morgan fingerprint density at radius 2 is 2.04 bits per heavy atom. The van der Waals surface area contributed by atoms with Gasteiger partial charge in [0.05, 0.1) is 11.9 Å². The van der Waals surface area contributed by atoms with Gasteiger partial charge in [0.15, 0.2) is 5.82 Å². The molecule has 4 rings (SSSR count). The zero-order valence-corrected chi connectivity index (χ0v) is 15.0. The maximum Gasteiger partial charge on any atom is 0.222 e. The van der Waals surface area contributed by atoms with Gasteiger partial charge in [-0.15, -0.1) is 0 Å². The van der Waals surface area contributed by atoms with E-state index in [2.05, 4.69) is 26.7 Å². The molecular weight excluding hydrogens is 319 g/mol. The normalized spacial score (nSPS) is 27.3. The number of halogens is 1. The molecule has 1 atom stereocenters. The molecule has 3 fully saturated rings. The number of hydrogen-bond acceptors (Lipinski definition) is 4. The second kappa shape index (κ2) is 6.56. The molecule has 25 heavy (non-hydrogen) atoms. The smallest absolute Gasteiger partial charge is 0.222 e. The molecule has 3 aliphatic heterocycles. The average molecular weight is 346 g/mol. The number of amides is 1. The van der Waals surface area contributed by atoms with E-state index in [1.165, 1.54) is 6.20 Å². The minimum absolute atomic E-state index is 0.217. The van der Waals surface area contributed by atoms with E-state index in [9.17, 15) is 9.18 Å². The zero-order chi connectivity index (χ0) is 17.4. The van der Waals surface area contributed by atoms with Gasteiger partial charge in [-0.3, -0.25) is 9.78 Å². The Balaban J connectivity index is 1.43. The van der Waals surface area contributed by atoms with Crippen molar-refractivity contribution in [1.82, 2.24) is 14.8 Å². The molecule has 3 aliphatic rings. The predicted octanol–water partition coefficient (Wildman–Crippen LogP) is 2.13.